The van der Waals surface area contributed by atoms with Gasteiger partial charge in [-0.3, -0.25) is 9.48 Å². The summed E-state index contributed by atoms with van der Waals surface area (Å²) in [5.74, 6) is 0.467. The molecule has 1 aromatic carbocycles. The molecule has 1 aliphatic carbocycles. The Labute approximate surface area is 213 Å². The molecule has 0 radical (unpaired) electrons. The van der Waals surface area contributed by atoms with Crippen molar-refractivity contribution in [1.82, 2.24) is 25.1 Å². The molecule has 2 aliphatic rings. The van der Waals surface area contributed by atoms with Crippen molar-refractivity contribution in [2.75, 3.05) is 19.0 Å². The van der Waals surface area contributed by atoms with Gasteiger partial charge in [0.2, 0.25) is 0 Å². The number of halogens is 1. The molecule has 1 saturated heterocycles. The number of nitrogens with one attached hydrogen (secondary N) is 2. The van der Waals surface area contributed by atoms with Crippen molar-refractivity contribution in [2.24, 2.45) is 13.0 Å². The number of anilines is 1. The van der Waals surface area contributed by atoms with Crippen LogP contribution in [-0.2, 0) is 11.8 Å². The summed E-state index contributed by atoms with van der Waals surface area (Å²) in [6.07, 6.45) is 7.58. The lowest BCUT2D eigenvalue weighted by atomic mass is 10.0. The second-order valence-corrected chi connectivity index (χ2v) is 9.64. The molecule has 2 bridgehead atoms. The summed E-state index contributed by atoms with van der Waals surface area (Å²) in [4.78, 5) is 22.5. The Morgan fingerprint density at radius 2 is 2.08 bits per heavy atom. The number of aromatic nitrogens is 4. The number of carbonyl (C=O) groups excluding carboxylic acids is 1. The summed E-state index contributed by atoms with van der Waals surface area (Å²) in [7, 11) is 3.19. The number of rotatable bonds is 7. The third-order valence-electron chi connectivity index (χ3n) is 7.18. The van der Waals surface area contributed by atoms with Gasteiger partial charge < -0.3 is 20.1 Å². The van der Waals surface area contributed by atoms with E-state index in [0.717, 1.165) is 30.7 Å². The van der Waals surface area contributed by atoms with Crippen molar-refractivity contribution in [3.05, 3.63) is 77.6 Å². The molecule has 0 spiro atoms. The molecule has 4 atom stereocenters. The van der Waals surface area contributed by atoms with Crippen molar-refractivity contribution < 1.29 is 18.7 Å². The van der Waals surface area contributed by atoms with Crippen LogP contribution in [0.1, 0.15) is 40.5 Å². The summed E-state index contributed by atoms with van der Waals surface area (Å²) in [6.45, 7) is 0.786. The van der Waals surface area contributed by atoms with Gasteiger partial charge in [-0.25, -0.2) is 14.4 Å². The van der Waals surface area contributed by atoms with Gasteiger partial charge in [0.25, 0.3) is 5.91 Å². The molecule has 1 saturated carbocycles. The van der Waals surface area contributed by atoms with E-state index in [2.05, 4.69) is 25.7 Å². The third-order valence-corrected chi connectivity index (χ3v) is 7.18. The highest BCUT2D eigenvalue weighted by molar-refractivity contribution is 5.95. The molecule has 190 valence electrons. The number of benzene rings is 1. The minimum Gasteiger partial charge on any atom is -0.494 e. The molecule has 3 unspecified atom stereocenters. The van der Waals surface area contributed by atoms with Crippen molar-refractivity contribution >= 4 is 22.6 Å². The molecule has 1 aliphatic heterocycles. The SMILES string of the molecule is COc1ccc([C@H](NC(=O)c2ccc3cnc(NC4CC5CC4CO5)cc3n2)c2cnn(C)c2)cc1F. The molecule has 9 nitrogen and oxygen atoms in total. The first kappa shape index (κ1) is 23.4. The van der Waals surface area contributed by atoms with E-state index in [-0.39, 0.29) is 17.4 Å². The summed E-state index contributed by atoms with van der Waals surface area (Å²) in [6, 6.07) is 9.68. The Morgan fingerprint density at radius 1 is 1.19 bits per heavy atom. The van der Waals surface area contributed by atoms with E-state index in [1.54, 1.807) is 42.5 Å². The first-order chi connectivity index (χ1) is 18.0. The van der Waals surface area contributed by atoms with Gasteiger partial charge in [-0.2, -0.15) is 5.10 Å². The van der Waals surface area contributed by atoms with Crippen LogP contribution in [0.3, 0.4) is 0 Å². The number of hydrogen-bond donors (Lipinski definition) is 2. The smallest absolute Gasteiger partial charge is 0.270 e. The highest BCUT2D eigenvalue weighted by Crippen LogP contribution is 2.37. The molecule has 3 aromatic heterocycles. The Bertz CT molecular complexity index is 1470. The monoisotopic (exact) mass is 502 g/mol. The third kappa shape index (κ3) is 4.60. The predicted octanol–water partition coefficient (Wildman–Crippen LogP) is 3.62. The average molecular weight is 503 g/mol. The minimum absolute atomic E-state index is 0.132. The summed E-state index contributed by atoms with van der Waals surface area (Å²) < 4.78 is 26.9. The maximum atomic E-state index is 14.5. The maximum absolute atomic E-state index is 14.5. The van der Waals surface area contributed by atoms with Crippen LogP contribution in [0.2, 0.25) is 0 Å². The topological polar surface area (TPSA) is 103 Å². The fraction of sp³-hybridized carbons (Fsp3) is 0.333. The molecule has 10 heteroatoms. The predicted molar refractivity (Wildman–Crippen MR) is 135 cm³/mol. The number of carbonyl (C=O) groups is 1. The van der Waals surface area contributed by atoms with Crippen LogP contribution in [0, 0.1) is 11.7 Å². The zero-order valence-electron chi connectivity index (χ0n) is 20.5. The number of methoxy groups -OCH3 is 1. The average Bonchev–Trinajstić information content (AvgIpc) is 3.64. The molecule has 2 fully saturated rings. The van der Waals surface area contributed by atoms with Crippen molar-refractivity contribution in [3.8, 4) is 5.75 Å². The standard InChI is InChI=1S/C27H27FN6O3/c1-34-13-18(12-30-34)26(15-4-6-24(36-2)20(28)8-15)33-27(35)21-5-3-16-11-29-25(10-23(16)31-21)32-22-9-19-7-17(22)14-37-19/h3-6,8,10-13,17,19,22,26H,7,9,14H2,1-2H3,(H,29,32)(H,33,35)/t17?,19?,22?,26-/m0/s1. The highest BCUT2D eigenvalue weighted by Gasteiger charge is 2.40. The number of nitrogens with zero attached hydrogens (tertiary/aromatic N) is 4. The van der Waals surface area contributed by atoms with Crippen LogP contribution in [0.4, 0.5) is 10.2 Å². The van der Waals surface area contributed by atoms with Gasteiger partial charge in [-0.05, 0) is 42.7 Å². The molecule has 37 heavy (non-hydrogen) atoms. The quantitative estimate of drug-likeness (QED) is 0.398. The number of hydrogen-bond acceptors (Lipinski definition) is 7. The fourth-order valence-electron chi connectivity index (χ4n) is 5.26. The van der Waals surface area contributed by atoms with Gasteiger partial charge in [-0.1, -0.05) is 6.07 Å². The van der Waals surface area contributed by atoms with E-state index in [9.17, 15) is 9.18 Å². The Balaban J connectivity index is 1.26. The van der Waals surface area contributed by atoms with Gasteiger partial charge in [-0.15, -0.1) is 0 Å². The first-order valence-electron chi connectivity index (χ1n) is 12.2. The van der Waals surface area contributed by atoms with Crippen molar-refractivity contribution in [3.63, 3.8) is 0 Å². The van der Waals surface area contributed by atoms with E-state index in [1.807, 2.05) is 12.1 Å². The lowest BCUT2D eigenvalue weighted by molar-refractivity contribution is 0.0724. The lowest BCUT2D eigenvalue weighted by Gasteiger charge is -2.23. The van der Waals surface area contributed by atoms with Gasteiger partial charge in [0.15, 0.2) is 11.6 Å². The number of fused-ring (bicyclic) bond motifs is 3. The van der Waals surface area contributed by atoms with E-state index in [0.29, 0.717) is 34.7 Å². The molecular formula is C27H27FN6O3. The van der Waals surface area contributed by atoms with Gasteiger partial charge in [0, 0.05) is 48.4 Å². The second kappa shape index (κ2) is 9.44. The normalized spacial score (nSPS) is 21.2. The molecule has 2 N–H and O–H groups in total. The Kier molecular flexibility index (Phi) is 5.96. The molecule has 4 aromatic rings. The van der Waals surface area contributed by atoms with E-state index >= 15 is 0 Å². The Hall–Kier alpha value is -4.05. The zero-order chi connectivity index (χ0) is 25.5. The van der Waals surface area contributed by atoms with Gasteiger partial charge >= 0.3 is 0 Å². The summed E-state index contributed by atoms with van der Waals surface area (Å²) in [5, 5.41) is 11.6. The zero-order valence-corrected chi connectivity index (χ0v) is 20.5. The van der Waals surface area contributed by atoms with Crippen LogP contribution >= 0.6 is 0 Å². The number of aryl methyl sites for hydroxylation is 1. The number of amides is 1. The van der Waals surface area contributed by atoms with Crippen LogP contribution in [0.5, 0.6) is 5.75 Å². The highest BCUT2D eigenvalue weighted by atomic mass is 19.1. The van der Waals surface area contributed by atoms with E-state index in [4.69, 9.17) is 9.47 Å². The lowest BCUT2D eigenvalue weighted by Crippen LogP contribution is -2.30. The van der Waals surface area contributed by atoms with Crippen LogP contribution in [0.25, 0.3) is 10.9 Å². The minimum atomic E-state index is -0.631. The molecule has 1 amide bonds. The van der Waals surface area contributed by atoms with Gasteiger partial charge in [0.05, 0.1) is 37.6 Å². The largest absolute Gasteiger partial charge is 0.494 e. The summed E-state index contributed by atoms with van der Waals surface area (Å²) >= 11 is 0. The number of pyridine rings is 2. The fourth-order valence-corrected chi connectivity index (χ4v) is 5.26. The maximum Gasteiger partial charge on any atom is 0.270 e. The van der Waals surface area contributed by atoms with E-state index in [1.165, 1.54) is 19.2 Å². The molecule has 4 heterocycles. The number of ether oxygens (including phenoxy) is 2. The molecular weight excluding hydrogens is 475 g/mol. The van der Waals surface area contributed by atoms with Gasteiger partial charge in [0.1, 0.15) is 11.5 Å². The van der Waals surface area contributed by atoms with Crippen LogP contribution < -0.4 is 15.4 Å². The van der Waals surface area contributed by atoms with Crippen molar-refractivity contribution in [2.45, 2.75) is 31.0 Å². The Morgan fingerprint density at radius 3 is 2.78 bits per heavy atom. The van der Waals surface area contributed by atoms with E-state index < -0.39 is 11.9 Å². The van der Waals surface area contributed by atoms with Crippen LogP contribution in [-0.4, -0.2) is 51.5 Å². The van der Waals surface area contributed by atoms with Crippen LogP contribution in [0.15, 0.2) is 55.0 Å². The first-order valence-corrected chi connectivity index (χ1v) is 12.2. The molecule has 6 rings (SSSR count). The summed E-state index contributed by atoms with van der Waals surface area (Å²) in [5.41, 5.74) is 2.19. The van der Waals surface area contributed by atoms with Crippen molar-refractivity contribution in [1.29, 1.82) is 0 Å². The second-order valence-electron chi connectivity index (χ2n) is 9.64.